The van der Waals surface area contributed by atoms with Gasteiger partial charge in [0.25, 0.3) is 15.9 Å². The molecule has 0 heterocycles. The van der Waals surface area contributed by atoms with E-state index in [-0.39, 0.29) is 31.3 Å². The largest absolute Gasteiger partial charge is 0.495 e. The molecule has 0 radical (unpaired) electrons. The van der Waals surface area contributed by atoms with Crippen LogP contribution in [-0.2, 0) is 10.0 Å². The summed E-state index contributed by atoms with van der Waals surface area (Å²) in [4.78, 5) is 12.6. The molecule has 0 aliphatic rings. The van der Waals surface area contributed by atoms with E-state index in [1.54, 1.807) is 25.1 Å². The number of carbonyl (C=O) groups is 1. The molecule has 1 amide bonds. The Morgan fingerprint density at radius 3 is 2.26 bits per heavy atom. The molecule has 3 aromatic carbocycles. The van der Waals surface area contributed by atoms with Crippen molar-refractivity contribution < 1.29 is 17.9 Å². The number of sulfonamides is 1. The second kappa shape index (κ2) is 9.36. The minimum Gasteiger partial charge on any atom is -0.495 e. The maximum absolute atomic E-state index is 12.9. The van der Waals surface area contributed by atoms with E-state index >= 15 is 0 Å². The quantitative estimate of drug-likeness (QED) is 0.406. The maximum atomic E-state index is 12.9. The van der Waals surface area contributed by atoms with Gasteiger partial charge in [0.2, 0.25) is 0 Å². The van der Waals surface area contributed by atoms with E-state index in [4.69, 9.17) is 39.5 Å². The smallest absolute Gasteiger partial charge is 0.262 e. The summed E-state index contributed by atoms with van der Waals surface area (Å²) in [5.41, 5.74) is 1.49. The number of amides is 1. The molecule has 162 valence electrons. The van der Waals surface area contributed by atoms with Crippen LogP contribution in [0.3, 0.4) is 0 Å². The van der Waals surface area contributed by atoms with Crippen LogP contribution in [0.1, 0.15) is 15.9 Å². The number of halogens is 3. The number of aryl methyl sites for hydroxylation is 1. The first kappa shape index (κ1) is 23.2. The minimum absolute atomic E-state index is 0.0670. The molecule has 6 nitrogen and oxygen atoms in total. The van der Waals surface area contributed by atoms with Gasteiger partial charge in [0.15, 0.2) is 0 Å². The van der Waals surface area contributed by atoms with Crippen molar-refractivity contribution in [3.63, 3.8) is 0 Å². The second-order valence-electron chi connectivity index (χ2n) is 6.48. The lowest BCUT2D eigenvalue weighted by Gasteiger charge is -2.15. The summed E-state index contributed by atoms with van der Waals surface area (Å²) >= 11 is 17.9. The molecule has 0 aliphatic carbocycles. The van der Waals surface area contributed by atoms with Gasteiger partial charge in [-0.1, -0.05) is 53.0 Å². The molecule has 0 saturated carbocycles. The fraction of sp³-hybridized carbons (Fsp3) is 0.0952. The molecule has 0 aliphatic heterocycles. The van der Waals surface area contributed by atoms with Crippen LogP contribution in [0.4, 0.5) is 11.4 Å². The van der Waals surface area contributed by atoms with Gasteiger partial charge in [-0.25, -0.2) is 8.42 Å². The number of nitrogens with one attached hydrogen (secondary N) is 2. The van der Waals surface area contributed by atoms with Gasteiger partial charge in [-0.3, -0.25) is 9.52 Å². The maximum Gasteiger partial charge on any atom is 0.262 e. The summed E-state index contributed by atoms with van der Waals surface area (Å²) in [5.74, 6) is -0.0973. The fourth-order valence-corrected chi connectivity index (χ4v) is 4.52. The lowest BCUT2D eigenvalue weighted by molar-refractivity contribution is 0.102. The Morgan fingerprint density at radius 1 is 0.903 bits per heavy atom. The number of methoxy groups -OCH3 is 1. The van der Waals surface area contributed by atoms with Gasteiger partial charge in [0.05, 0.1) is 38.4 Å². The highest BCUT2D eigenvalue weighted by atomic mass is 35.5. The fourth-order valence-electron chi connectivity index (χ4n) is 2.77. The Morgan fingerprint density at radius 2 is 1.58 bits per heavy atom. The summed E-state index contributed by atoms with van der Waals surface area (Å²) in [6.07, 6.45) is 0. The van der Waals surface area contributed by atoms with Crippen LogP contribution >= 0.6 is 34.8 Å². The average Bonchev–Trinajstić information content (AvgIpc) is 2.72. The van der Waals surface area contributed by atoms with Crippen molar-refractivity contribution in [2.45, 2.75) is 11.8 Å². The van der Waals surface area contributed by atoms with Crippen molar-refractivity contribution in [2.75, 3.05) is 17.1 Å². The van der Waals surface area contributed by atoms with Crippen LogP contribution in [0.25, 0.3) is 0 Å². The van der Waals surface area contributed by atoms with Crippen LogP contribution in [0.2, 0.25) is 15.1 Å². The van der Waals surface area contributed by atoms with Gasteiger partial charge in [0.1, 0.15) is 5.75 Å². The summed E-state index contributed by atoms with van der Waals surface area (Å²) in [6.45, 7) is 1.80. The van der Waals surface area contributed by atoms with E-state index in [9.17, 15) is 13.2 Å². The van der Waals surface area contributed by atoms with E-state index in [1.165, 1.54) is 37.4 Å². The van der Waals surface area contributed by atoms with Gasteiger partial charge in [-0.05, 0) is 48.9 Å². The molecule has 0 bridgehead atoms. The van der Waals surface area contributed by atoms with Crippen LogP contribution < -0.4 is 14.8 Å². The SMILES string of the molecule is COc1ccc(S(=O)(=O)Nc2cc(Cl)c(Cl)cc2Cl)cc1NC(=O)c1ccccc1C. The van der Waals surface area contributed by atoms with Crippen molar-refractivity contribution in [1.82, 2.24) is 0 Å². The van der Waals surface area contributed by atoms with Crippen molar-refractivity contribution in [3.05, 3.63) is 80.8 Å². The predicted octanol–water partition coefficient (Wildman–Crippen LogP) is 6.02. The summed E-state index contributed by atoms with van der Waals surface area (Å²) < 4.78 is 33.5. The topological polar surface area (TPSA) is 84.5 Å². The second-order valence-corrected chi connectivity index (χ2v) is 9.39. The summed E-state index contributed by atoms with van der Waals surface area (Å²) in [7, 11) is -2.65. The van der Waals surface area contributed by atoms with Gasteiger partial charge >= 0.3 is 0 Å². The zero-order valence-corrected chi connectivity index (χ0v) is 19.5. The molecule has 0 unspecified atom stereocenters. The van der Waals surface area contributed by atoms with Gasteiger partial charge < -0.3 is 10.1 Å². The number of carbonyl (C=O) groups excluding carboxylic acids is 1. The first-order valence-electron chi connectivity index (χ1n) is 8.85. The Bertz CT molecular complexity index is 1260. The molecule has 0 spiro atoms. The van der Waals surface area contributed by atoms with Gasteiger partial charge in [-0.2, -0.15) is 0 Å². The highest BCUT2D eigenvalue weighted by Crippen LogP contribution is 2.34. The highest BCUT2D eigenvalue weighted by molar-refractivity contribution is 7.92. The molecule has 31 heavy (non-hydrogen) atoms. The number of hydrogen-bond acceptors (Lipinski definition) is 4. The predicted molar refractivity (Wildman–Crippen MR) is 124 cm³/mol. The molecular formula is C21H17Cl3N2O4S. The summed E-state index contributed by atoms with van der Waals surface area (Å²) in [5, 5.41) is 3.12. The molecule has 0 fully saturated rings. The molecule has 0 atom stereocenters. The normalized spacial score (nSPS) is 11.1. The Balaban J connectivity index is 1.95. The van der Waals surface area contributed by atoms with Crippen LogP contribution in [0.15, 0.2) is 59.5 Å². The van der Waals surface area contributed by atoms with Crippen molar-refractivity contribution in [2.24, 2.45) is 0 Å². The zero-order valence-electron chi connectivity index (χ0n) is 16.4. The molecule has 3 rings (SSSR count). The lowest BCUT2D eigenvalue weighted by Crippen LogP contribution is -2.16. The Hall–Kier alpha value is -2.45. The van der Waals surface area contributed by atoms with E-state index in [1.807, 2.05) is 6.07 Å². The van der Waals surface area contributed by atoms with Crippen molar-refractivity contribution in [3.8, 4) is 5.75 Å². The molecule has 0 aromatic heterocycles. The van der Waals surface area contributed by atoms with Crippen molar-refractivity contribution in [1.29, 1.82) is 0 Å². The highest BCUT2D eigenvalue weighted by Gasteiger charge is 2.20. The number of hydrogen-bond donors (Lipinski definition) is 2. The third-order valence-electron chi connectivity index (χ3n) is 4.37. The number of ether oxygens (including phenoxy) is 1. The third kappa shape index (κ3) is 5.25. The standard InChI is InChI=1S/C21H17Cl3N2O4S/c1-12-5-3-4-6-14(12)21(27)25-19-9-13(7-8-20(19)30-2)31(28,29)26-18-11-16(23)15(22)10-17(18)24/h3-11,26H,1-2H3,(H,25,27). The molecule has 2 N–H and O–H groups in total. The molecule has 0 saturated heterocycles. The molecule has 3 aromatic rings. The first-order chi connectivity index (χ1) is 14.6. The first-order valence-corrected chi connectivity index (χ1v) is 11.5. The third-order valence-corrected chi connectivity index (χ3v) is 6.77. The average molecular weight is 500 g/mol. The van der Waals surface area contributed by atoms with Gasteiger partial charge in [-0.15, -0.1) is 0 Å². The van der Waals surface area contributed by atoms with E-state index in [0.29, 0.717) is 11.3 Å². The van der Waals surface area contributed by atoms with Crippen LogP contribution in [-0.4, -0.2) is 21.4 Å². The van der Waals surface area contributed by atoms with E-state index < -0.39 is 15.9 Å². The van der Waals surface area contributed by atoms with Crippen molar-refractivity contribution >= 4 is 62.1 Å². The number of anilines is 2. The Labute approximate surface area is 195 Å². The van der Waals surface area contributed by atoms with E-state index in [2.05, 4.69) is 10.0 Å². The molecule has 10 heteroatoms. The number of rotatable bonds is 6. The number of benzene rings is 3. The van der Waals surface area contributed by atoms with Gasteiger partial charge in [0, 0.05) is 5.56 Å². The Kier molecular flexibility index (Phi) is 7.01. The lowest BCUT2D eigenvalue weighted by atomic mass is 10.1. The van der Waals surface area contributed by atoms with Crippen LogP contribution in [0.5, 0.6) is 5.75 Å². The minimum atomic E-state index is -4.06. The molecular weight excluding hydrogens is 483 g/mol. The monoisotopic (exact) mass is 498 g/mol. The van der Waals surface area contributed by atoms with Crippen LogP contribution in [0, 0.1) is 6.92 Å². The zero-order chi connectivity index (χ0) is 22.8. The summed E-state index contributed by atoms with van der Waals surface area (Å²) in [6, 6.07) is 13.8. The van der Waals surface area contributed by atoms with E-state index in [0.717, 1.165) is 5.56 Å².